The van der Waals surface area contributed by atoms with Gasteiger partial charge in [0, 0.05) is 24.1 Å². The van der Waals surface area contributed by atoms with E-state index in [0.717, 1.165) is 30.2 Å². The molecule has 3 rings (SSSR count). The van der Waals surface area contributed by atoms with Gasteiger partial charge in [-0.05, 0) is 49.3 Å². The van der Waals surface area contributed by atoms with Crippen molar-refractivity contribution in [2.24, 2.45) is 5.41 Å². The van der Waals surface area contributed by atoms with Crippen LogP contribution in [0.2, 0.25) is 0 Å². The van der Waals surface area contributed by atoms with E-state index in [9.17, 15) is 0 Å². The zero-order chi connectivity index (χ0) is 17.0. The number of hydrogen-bond donors (Lipinski definition) is 0. The van der Waals surface area contributed by atoms with E-state index >= 15 is 0 Å². The number of fused-ring (bicyclic) bond motifs is 1. The van der Waals surface area contributed by atoms with Crippen LogP contribution in [0.3, 0.4) is 0 Å². The van der Waals surface area contributed by atoms with Crippen molar-refractivity contribution in [1.82, 2.24) is 9.97 Å². The van der Waals surface area contributed by atoms with E-state index in [0.29, 0.717) is 5.41 Å². The van der Waals surface area contributed by atoms with E-state index in [1.165, 1.54) is 17.7 Å². The number of hydrogen-bond acceptors (Lipinski definition) is 3. The summed E-state index contributed by atoms with van der Waals surface area (Å²) < 4.78 is 0. The second-order valence-corrected chi connectivity index (χ2v) is 7.78. The predicted molar refractivity (Wildman–Crippen MR) is 98.4 cm³/mol. The molecule has 1 aliphatic rings. The van der Waals surface area contributed by atoms with Crippen molar-refractivity contribution in [3.8, 4) is 0 Å². The van der Waals surface area contributed by atoms with Gasteiger partial charge >= 0.3 is 0 Å². The Morgan fingerprint density at radius 2 is 1.57 bits per heavy atom. The average molecular weight is 311 g/mol. The van der Waals surface area contributed by atoms with Gasteiger partial charge in [0.2, 0.25) is 5.95 Å². The summed E-state index contributed by atoms with van der Waals surface area (Å²) in [6, 6.07) is 10.2. The quantitative estimate of drug-likeness (QED) is 0.773. The van der Waals surface area contributed by atoms with E-state index < -0.39 is 0 Å². The molecular weight excluding hydrogens is 282 g/mol. The van der Waals surface area contributed by atoms with Crippen molar-refractivity contribution in [3.05, 3.63) is 47.3 Å². The minimum Gasteiger partial charge on any atom is -0.314 e. The van der Waals surface area contributed by atoms with Gasteiger partial charge in [-0.2, -0.15) is 0 Å². The number of aromatic nitrogens is 2. The number of benzene rings is 1. The first-order chi connectivity index (χ1) is 10.8. The van der Waals surface area contributed by atoms with Crippen LogP contribution in [0.25, 0.3) is 0 Å². The van der Waals surface area contributed by atoms with Gasteiger partial charge in [0.25, 0.3) is 0 Å². The van der Waals surface area contributed by atoms with Gasteiger partial charge in [-0.25, -0.2) is 9.97 Å². The van der Waals surface area contributed by atoms with Gasteiger partial charge in [-0.3, -0.25) is 0 Å². The van der Waals surface area contributed by atoms with Gasteiger partial charge in [0.05, 0.1) is 0 Å². The molecule has 0 saturated heterocycles. The lowest BCUT2D eigenvalue weighted by atomic mass is 10.0. The average Bonchev–Trinajstić information content (AvgIpc) is 2.94. The maximum absolute atomic E-state index is 4.71. The fourth-order valence-electron chi connectivity index (χ4n) is 2.52. The Bertz CT molecular complexity index is 636. The molecular formula is C20H29N3. The topological polar surface area (TPSA) is 29.0 Å². The highest BCUT2D eigenvalue weighted by Crippen LogP contribution is 2.26. The van der Waals surface area contributed by atoms with E-state index in [2.05, 4.69) is 51.7 Å². The van der Waals surface area contributed by atoms with Crippen LogP contribution in [0, 0.1) is 12.3 Å². The summed E-state index contributed by atoms with van der Waals surface area (Å²) >= 11 is 0. The molecule has 0 unspecified atom stereocenters. The zero-order valence-corrected chi connectivity index (χ0v) is 15.3. The molecule has 0 fully saturated rings. The second kappa shape index (κ2) is 7.12. The van der Waals surface area contributed by atoms with Crippen molar-refractivity contribution >= 4 is 11.6 Å². The third kappa shape index (κ3) is 5.05. The Balaban J connectivity index is 0.000000338. The Kier molecular flexibility index (Phi) is 5.40. The molecule has 2 aromatic rings. The summed E-state index contributed by atoms with van der Waals surface area (Å²) in [7, 11) is 2.02. The number of rotatable bonds is 2. The Morgan fingerprint density at radius 1 is 0.957 bits per heavy atom. The highest BCUT2D eigenvalue weighted by molar-refractivity contribution is 5.56. The zero-order valence-electron chi connectivity index (χ0n) is 15.3. The number of para-hydroxylation sites is 1. The van der Waals surface area contributed by atoms with E-state index in [1.54, 1.807) is 0 Å². The van der Waals surface area contributed by atoms with Crippen LogP contribution in [-0.4, -0.2) is 17.0 Å². The summed E-state index contributed by atoms with van der Waals surface area (Å²) in [6.45, 7) is 10.8. The van der Waals surface area contributed by atoms with Crippen molar-refractivity contribution in [2.45, 2.75) is 53.9 Å². The molecule has 3 nitrogen and oxygen atoms in total. The standard InChI is InChI=1S/C15H17N3.C5H12/c1-11-13-9-6-10-14(13)17-15(16-11)18(2)12-7-4-3-5-8-12;1-5(2,3)4/h3-5,7-8H,6,9-10H2,1-2H3;1-4H3. The van der Waals surface area contributed by atoms with Crippen LogP contribution in [0.4, 0.5) is 11.6 Å². The second-order valence-electron chi connectivity index (χ2n) is 7.78. The lowest BCUT2D eigenvalue weighted by molar-refractivity contribution is 0.469. The predicted octanol–water partition coefficient (Wildman–Crippen LogP) is 5.09. The summed E-state index contributed by atoms with van der Waals surface area (Å²) in [5, 5.41) is 0. The van der Waals surface area contributed by atoms with Crippen molar-refractivity contribution in [2.75, 3.05) is 11.9 Å². The Labute approximate surface area is 140 Å². The molecule has 0 atom stereocenters. The summed E-state index contributed by atoms with van der Waals surface area (Å²) in [4.78, 5) is 11.4. The Morgan fingerprint density at radius 3 is 2.17 bits per heavy atom. The number of nitrogens with zero attached hydrogens (tertiary/aromatic N) is 3. The Hall–Kier alpha value is -1.90. The van der Waals surface area contributed by atoms with Crippen LogP contribution < -0.4 is 4.90 Å². The molecule has 0 radical (unpaired) electrons. The molecule has 1 aromatic carbocycles. The third-order valence-corrected chi connectivity index (χ3v) is 3.57. The number of anilines is 2. The highest BCUT2D eigenvalue weighted by Gasteiger charge is 2.18. The smallest absolute Gasteiger partial charge is 0.230 e. The van der Waals surface area contributed by atoms with E-state index in [1.807, 2.05) is 30.1 Å². The van der Waals surface area contributed by atoms with Gasteiger partial charge in [0.15, 0.2) is 0 Å². The first-order valence-electron chi connectivity index (χ1n) is 8.41. The first kappa shape index (κ1) is 17.5. The van der Waals surface area contributed by atoms with Gasteiger partial charge in [-0.1, -0.05) is 45.9 Å². The fraction of sp³-hybridized carbons (Fsp3) is 0.500. The molecule has 0 spiro atoms. The molecule has 1 heterocycles. The molecule has 1 aromatic heterocycles. The van der Waals surface area contributed by atoms with Crippen LogP contribution in [-0.2, 0) is 12.8 Å². The van der Waals surface area contributed by atoms with Crippen LogP contribution >= 0.6 is 0 Å². The molecule has 0 N–H and O–H groups in total. The summed E-state index contributed by atoms with van der Waals surface area (Å²) in [5.74, 6) is 0.805. The van der Waals surface area contributed by atoms with Crippen LogP contribution in [0.15, 0.2) is 30.3 Å². The minimum absolute atomic E-state index is 0.500. The molecule has 3 heteroatoms. The normalized spacial score (nSPS) is 13.1. The molecule has 1 aliphatic carbocycles. The van der Waals surface area contributed by atoms with Crippen molar-refractivity contribution < 1.29 is 0 Å². The summed E-state index contributed by atoms with van der Waals surface area (Å²) in [6.07, 6.45) is 3.44. The first-order valence-corrected chi connectivity index (χ1v) is 8.41. The SMILES string of the molecule is CC(C)(C)C.Cc1nc(N(C)c2ccccc2)nc2c1CCC2. The lowest BCUT2D eigenvalue weighted by Crippen LogP contribution is -2.15. The van der Waals surface area contributed by atoms with Gasteiger partial charge in [0.1, 0.15) is 0 Å². The minimum atomic E-state index is 0.500. The fourth-order valence-corrected chi connectivity index (χ4v) is 2.52. The van der Waals surface area contributed by atoms with Gasteiger partial charge < -0.3 is 4.90 Å². The van der Waals surface area contributed by atoms with E-state index in [4.69, 9.17) is 4.98 Å². The molecule has 124 valence electrons. The molecule has 0 bridgehead atoms. The largest absolute Gasteiger partial charge is 0.314 e. The van der Waals surface area contributed by atoms with Crippen LogP contribution in [0.5, 0.6) is 0 Å². The molecule has 0 aliphatic heterocycles. The maximum atomic E-state index is 4.71. The van der Waals surface area contributed by atoms with Crippen molar-refractivity contribution in [1.29, 1.82) is 0 Å². The van der Waals surface area contributed by atoms with Gasteiger partial charge in [-0.15, -0.1) is 0 Å². The lowest BCUT2D eigenvalue weighted by Gasteiger charge is -2.18. The monoisotopic (exact) mass is 311 g/mol. The third-order valence-electron chi connectivity index (χ3n) is 3.57. The highest BCUT2D eigenvalue weighted by atomic mass is 15.2. The van der Waals surface area contributed by atoms with Crippen molar-refractivity contribution in [3.63, 3.8) is 0 Å². The van der Waals surface area contributed by atoms with Crippen LogP contribution in [0.1, 0.15) is 51.1 Å². The number of aryl methyl sites for hydroxylation is 2. The molecule has 0 amide bonds. The maximum Gasteiger partial charge on any atom is 0.230 e. The molecule has 0 saturated carbocycles. The van der Waals surface area contributed by atoms with E-state index in [-0.39, 0.29) is 0 Å². The summed E-state index contributed by atoms with van der Waals surface area (Å²) in [5.41, 5.74) is 5.35. The molecule has 23 heavy (non-hydrogen) atoms.